The molecule has 0 aliphatic rings. The highest BCUT2D eigenvalue weighted by Crippen LogP contribution is 2.23. The summed E-state index contributed by atoms with van der Waals surface area (Å²) in [6.45, 7) is -2.31. The van der Waals surface area contributed by atoms with E-state index in [1.54, 1.807) is 42.5 Å². The maximum atomic E-state index is 12.8. The largest absolute Gasteiger partial charge is 0.493 e. The number of carbonyl (C=O) groups excluding carboxylic acids is 1. The summed E-state index contributed by atoms with van der Waals surface area (Å²) in [7, 11) is 0. The van der Waals surface area contributed by atoms with E-state index in [1.165, 1.54) is 24.5 Å². The minimum Gasteiger partial charge on any atom is -0.493 e. The second kappa shape index (κ2) is 11.0. The molecule has 1 amide bonds. The number of ether oxygens (including phenoxy) is 1. The minimum atomic E-state index is -2.56. The number of nitrogens with zero attached hydrogens (tertiary/aromatic N) is 1. The summed E-state index contributed by atoms with van der Waals surface area (Å²) in [5, 5.41) is 19.2. The average molecular weight is 425 g/mol. The molecular weight excluding hydrogens is 398 g/mol. The van der Waals surface area contributed by atoms with Gasteiger partial charge in [-0.2, -0.15) is 0 Å². The average Bonchev–Trinajstić information content (AvgIpc) is 3.35. The van der Waals surface area contributed by atoms with Gasteiger partial charge < -0.3 is 14.3 Å². The third-order valence-electron chi connectivity index (χ3n) is 4.54. The molecule has 1 aromatic heterocycles. The Morgan fingerprint density at radius 1 is 1.00 bits per heavy atom. The maximum Gasteiger partial charge on any atom is 0.303 e. The smallest absolute Gasteiger partial charge is 0.303 e. The van der Waals surface area contributed by atoms with Gasteiger partial charge in [0.1, 0.15) is 11.5 Å². The van der Waals surface area contributed by atoms with Gasteiger partial charge in [0.2, 0.25) is 0 Å². The van der Waals surface area contributed by atoms with Crippen LogP contribution in [-0.2, 0) is 11.3 Å². The number of furan rings is 1. The first-order chi connectivity index (χ1) is 15.8. The lowest BCUT2D eigenvalue weighted by molar-refractivity contribution is -0.137. The number of hydrogen-bond acceptors (Lipinski definition) is 5. The third kappa shape index (κ3) is 6.45. The third-order valence-corrected chi connectivity index (χ3v) is 4.54. The van der Waals surface area contributed by atoms with E-state index in [2.05, 4.69) is 0 Å². The van der Waals surface area contributed by atoms with Gasteiger partial charge in [-0.25, -0.2) is 5.06 Å². The van der Waals surface area contributed by atoms with Gasteiger partial charge in [-0.15, -0.1) is 0 Å². The lowest BCUT2D eigenvalue weighted by atomic mass is 10.1. The first kappa shape index (κ1) is 19.4. The first-order valence-corrected chi connectivity index (χ1v) is 9.92. The highest BCUT2D eigenvalue weighted by atomic mass is 16.5. The molecule has 0 aliphatic heterocycles. The van der Waals surface area contributed by atoms with Crippen molar-refractivity contribution in [2.75, 3.05) is 6.61 Å². The number of hydrogen-bond donors (Lipinski definition) is 2. The van der Waals surface area contributed by atoms with Gasteiger partial charge in [0.05, 0.1) is 22.1 Å². The van der Waals surface area contributed by atoms with Gasteiger partial charge in [0, 0.05) is 23.1 Å². The van der Waals surface area contributed by atoms with Crippen molar-refractivity contribution in [3.8, 4) is 17.1 Å². The Hall–Kier alpha value is -3.58. The number of carbonyl (C=O) groups is 2. The molecule has 0 radical (unpaired) electrons. The van der Waals surface area contributed by atoms with Crippen molar-refractivity contribution in [2.45, 2.75) is 32.2 Å². The standard InChI is InChI=1S/C24H25NO6/c26-23(27)10-2-1-5-15-30-22-8-4-3-7-20(22)17-25(29)24(28)19-13-11-18(12-14-19)21-9-6-16-31-21/h3-4,6-9,11-14,16,29H,1-2,5,10,15,17H2,(H,26,27)/i17D2. The number of para-hydroxylation sites is 1. The molecule has 0 aliphatic carbocycles. The monoisotopic (exact) mass is 425 g/mol. The Labute approximate surface area is 183 Å². The van der Waals surface area contributed by atoms with E-state index in [4.69, 9.17) is 17.0 Å². The second-order valence-electron chi connectivity index (χ2n) is 6.83. The molecule has 3 aromatic rings. The summed E-state index contributed by atoms with van der Waals surface area (Å²) in [6.07, 6.45) is 3.39. The number of amides is 1. The highest BCUT2D eigenvalue weighted by molar-refractivity contribution is 5.93. The Morgan fingerprint density at radius 2 is 1.77 bits per heavy atom. The number of unbranched alkanes of at least 4 members (excludes halogenated alkanes) is 2. The maximum absolute atomic E-state index is 12.8. The molecule has 3 rings (SSSR count). The molecule has 0 saturated heterocycles. The normalized spacial score (nSPS) is 12.0. The van der Waals surface area contributed by atoms with Crippen molar-refractivity contribution in [3.05, 3.63) is 78.1 Å². The Kier molecular flexibility index (Phi) is 6.87. The summed E-state index contributed by atoms with van der Waals surface area (Å²) < 4.78 is 27.8. The molecule has 2 N–H and O–H groups in total. The highest BCUT2D eigenvalue weighted by Gasteiger charge is 2.16. The quantitative estimate of drug-likeness (QED) is 0.255. The summed E-state index contributed by atoms with van der Waals surface area (Å²) in [5.41, 5.74) is 0.846. The van der Waals surface area contributed by atoms with Gasteiger partial charge in [-0.3, -0.25) is 14.8 Å². The number of carboxylic acids is 1. The van der Waals surface area contributed by atoms with Crippen LogP contribution < -0.4 is 4.74 Å². The van der Waals surface area contributed by atoms with E-state index in [0.29, 0.717) is 25.0 Å². The molecule has 2 aromatic carbocycles. The zero-order valence-electron chi connectivity index (χ0n) is 18.9. The molecule has 162 valence electrons. The van der Waals surface area contributed by atoms with Crippen LogP contribution in [0.4, 0.5) is 0 Å². The van der Waals surface area contributed by atoms with Crippen molar-refractivity contribution < 1.29 is 31.8 Å². The zero-order valence-corrected chi connectivity index (χ0v) is 16.9. The molecule has 0 saturated carbocycles. The van der Waals surface area contributed by atoms with Crippen LogP contribution in [0.1, 0.15) is 44.3 Å². The van der Waals surface area contributed by atoms with Crippen LogP contribution in [0.3, 0.4) is 0 Å². The van der Waals surface area contributed by atoms with Gasteiger partial charge in [-0.1, -0.05) is 30.3 Å². The first-order valence-electron chi connectivity index (χ1n) is 10.9. The second-order valence-corrected chi connectivity index (χ2v) is 6.83. The Morgan fingerprint density at radius 3 is 2.48 bits per heavy atom. The summed E-state index contributed by atoms with van der Waals surface area (Å²) in [5.74, 6) is -0.938. The fourth-order valence-electron chi connectivity index (χ4n) is 2.93. The fourth-order valence-corrected chi connectivity index (χ4v) is 2.93. The molecule has 1 heterocycles. The van der Waals surface area contributed by atoms with E-state index < -0.39 is 18.4 Å². The van der Waals surface area contributed by atoms with Gasteiger partial charge >= 0.3 is 5.97 Å². The Bertz CT molecular complexity index is 1070. The fraction of sp³-hybridized carbons (Fsp3) is 0.250. The van der Waals surface area contributed by atoms with E-state index in [-0.39, 0.29) is 35.0 Å². The van der Waals surface area contributed by atoms with E-state index in [9.17, 15) is 14.8 Å². The van der Waals surface area contributed by atoms with Crippen molar-refractivity contribution in [2.24, 2.45) is 0 Å². The summed E-state index contributed by atoms with van der Waals surface area (Å²) in [4.78, 5) is 23.4. The minimum absolute atomic E-state index is 0.00130. The molecule has 31 heavy (non-hydrogen) atoms. The number of aliphatic carboxylic acids is 1. The molecule has 0 fully saturated rings. The summed E-state index contributed by atoms with van der Waals surface area (Å²) >= 11 is 0. The molecule has 7 nitrogen and oxygen atoms in total. The number of hydroxylamine groups is 2. The zero-order chi connectivity index (χ0) is 23.8. The molecule has 0 bridgehead atoms. The van der Waals surface area contributed by atoms with E-state index in [0.717, 1.165) is 5.56 Å². The van der Waals surface area contributed by atoms with Gasteiger partial charge in [0.25, 0.3) is 5.91 Å². The van der Waals surface area contributed by atoms with Crippen molar-refractivity contribution in [1.82, 2.24) is 5.06 Å². The number of benzene rings is 2. The van der Waals surface area contributed by atoms with E-state index >= 15 is 0 Å². The van der Waals surface area contributed by atoms with Crippen molar-refractivity contribution >= 4 is 11.9 Å². The van der Waals surface area contributed by atoms with Crippen molar-refractivity contribution in [3.63, 3.8) is 0 Å². The van der Waals surface area contributed by atoms with Crippen LogP contribution in [0.2, 0.25) is 0 Å². The van der Waals surface area contributed by atoms with Gasteiger partial charge in [-0.05, 0) is 49.6 Å². The predicted molar refractivity (Wildman–Crippen MR) is 114 cm³/mol. The topological polar surface area (TPSA) is 100 Å². The lowest BCUT2D eigenvalue weighted by Crippen LogP contribution is -2.27. The number of rotatable bonds is 11. The lowest BCUT2D eigenvalue weighted by Gasteiger charge is -2.18. The van der Waals surface area contributed by atoms with Crippen LogP contribution in [0.25, 0.3) is 11.3 Å². The molecule has 0 atom stereocenters. The molecule has 0 spiro atoms. The van der Waals surface area contributed by atoms with Crippen LogP contribution in [-0.4, -0.2) is 33.9 Å². The van der Waals surface area contributed by atoms with Crippen molar-refractivity contribution in [1.29, 1.82) is 0 Å². The Balaban J connectivity index is 1.68. The predicted octanol–water partition coefficient (Wildman–Crippen LogP) is 5.00. The summed E-state index contributed by atoms with van der Waals surface area (Å²) in [6, 6.07) is 16.0. The van der Waals surface area contributed by atoms with Crippen LogP contribution >= 0.6 is 0 Å². The van der Waals surface area contributed by atoms with E-state index in [1.807, 2.05) is 0 Å². The van der Waals surface area contributed by atoms with Crippen LogP contribution in [0.5, 0.6) is 5.75 Å². The molecule has 0 unspecified atom stereocenters. The van der Waals surface area contributed by atoms with Crippen LogP contribution in [0.15, 0.2) is 71.3 Å². The molecule has 7 heteroatoms. The van der Waals surface area contributed by atoms with Crippen LogP contribution in [0, 0.1) is 0 Å². The van der Waals surface area contributed by atoms with Gasteiger partial charge in [0.15, 0.2) is 0 Å². The SMILES string of the molecule is [2H]C([2H])(c1ccccc1OCCCCCC(=O)O)N(O)C(=O)c1ccc(-c2ccco2)cc1. The number of carboxylic acid groups (broad SMARTS) is 1. The molecular formula is C24H25NO6.